The molecule has 0 radical (unpaired) electrons. The zero-order chi connectivity index (χ0) is 19.0. The van der Waals surface area contributed by atoms with E-state index in [2.05, 4.69) is 5.38 Å². The van der Waals surface area contributed by atoms with Crippen LogP contribution in [0.5, 0.6) is 0 Å². The molecule has 1 aliphatic rings. The highest BCUT2D eigenvalue weighted by atomic mass is 32.2. The lowest BCUT2D eigenvalue weighted by atomic mass is 10.1. The van der Waals surface area contributed by atoms with Gasteiger partial charge in [-0.2, -0.15) is 0 Å². The fourth-order valence-electron chi connectivity index (χ4n) is 3.01. The Bertz CT molecular complexity index is 1040. The van der Waals surface area contributed by atoms with Crippen LogP contribution in [0.4, 0.5) is 0 Å². The molecular weight excluding hydrogens is 380 g/mol. The molecule has 5 nitrogen and oxygen atoms in total. The average Bonchev–Trinajstić information content (AvgIpc) is 3.39. The molecule has 0 amide bonds. The van der Waals surface area contributed by atoms with Crippen molar-refractivity contribution in [3.8, 4) is 5.69 Å². The van der Waals surface area contributed by atoms with Gasteiger partial charge in [0.1, 0.15) is 4.83 Å². The summed E-state index contributed by atoms with van der Waals surface area (Å²) in [6.07, 6.45) is 2.10. The van der Waals surface area contributed by atoms with E-state index in [-0.39, 0.29) is 23.4 Å². The third-order valence-electron chi connectivity index (χ3n) is 4.32. The molecule has 0 atom stereocenters. The number of ether oxygens (including phenoxy) is 1. The molecule has 27 heavy (non-hydrogen) atoms. The zero-order valence-corrected chi connectivity index (χ0v) is 16.8. The number of benzene rings is 1. The van der Waals surface area contributed by atoms with Gasteiger partial charge in [-0.1, -0.05) is 30.0 Å². The molecule has 4 rings (SSSR count). The minimum Gasteiger partial charge on any atom is -0.462 e. The largest absolute Gasteiger partial charge is 0.462 e. The molecule has 0 saturated heterocycles. The van der Waals surface area contributed by atoms with Crippen LogP contribution in [0.25, 0.3) is 15.9 Å². The van der Waals surface area contributed by atoms with Gasteiger partial charge in [0.05, 0.1) is 22.9 Å². The van der Waals surface area contributed by atoms with Crippen molar-refractivity contribution in [3.05, 3.63) is 51.6 Å². The third kappa shape index (κ3) is 3.80. The van der Waals surface area contributed by atoms with Gasteiger partial charge in [0, 0.05) is 0 Å². The van der Waals surface area contributed by atoms with Crippen LogP contribution in [0.3, 0.4) is 0 Å². The molecule has 0 aliphatic heterocycles. The monoisotopic (exact) mass is 400 g/mol. The molecule has 1 aromatic carbocycles. The predicted molar refractivity (Wildman–Crippen MR) is 109 cm³/mol. The number of thioether (sulfide) groups is 1. The van der Waals surface area contributed by atoms with Crippen LogP contribution in [0.15, 0.2) is 45.7 Å². The highest BCUT2D eigenvalue weighted by Crippen LogP contribution is 2.44. The van der Waals surface area contributed by atoms with Gasteiger partial charge in [0.2, 0.25) is 0 Å². The lowest BCUT2D eigenvalue weighted by molar-refractivity contribution is -0.144. The maximum atomic E-state index is 13.4. The number of esters is 1. The lowest BCUT2D eigenvalue weighted by Crippen LogP contribution is -2.22. The summed E-state index contributed by atoms with van der Waals surface area (Å²) in [4.78, 5) is 30.8. The van der Waals surface area contributed by atoms with Crippen LogP contribution < -0.4 is 5.56 Å². The Morgan fingerprint density at radius 1 is 1.33 bits per heavy atom. The molecule has 2 heterocycles. The average molecular weight is 401 g/mol. The van der Waals surface area contributed by atoms with E-state index in [1.165, 1.54) is 23.1 Å². The number of aromatic nitrogens is 2. The summed E-state index contributed by atoms with van der Waals surface area (Å²) in [5.74, 6) is 0.287. The second-order valence-electron chi connectivity index (χ2n) is 6.84. The Balaban J connectivity index is 1.79. The zero-order valence-electron chi connectivity index (χ0n) is 15.2. The van der Waals surface area contributed by atoms with Gasteiger partial charge < -0.3 is 4.74 Å². The summed E-state index contributed by atoms with van der Waals surface area (Å²) < 4.78 is 6.83. The first-order valence-corrected chi connectivity index (χ1v) is 10.8. The SMILES string of the molecule is CC(C)OC(=O)CSc1nc2scc(C3CC3)c2c(=O)n1-c1ccccc1. The van der Waals surface area contributed by atoms with Gasteiger partial charge >= 0.3 is 5.97 Å². The Morgan fingerprint density at radius 3 is 2.74 bits per heavy atom. The molecule has 7 heteroatoms. The van der Waals surface area contributed by atoms with E-state index in [4.69, 9.17) is 9.72 Å². The molecule has 3 aromatic rings. The topological polar surface area (TPSA) is 61.2 Å². The Labute approximate surface area is 165 Å². The van der Waals surface area contributed by atoms with E-state index in [1.54, 1.807) is 4.57 Å². The maximum Gasteiger partial charge on any atom is 0.316 e. The molecule has 2 aromatic heterocycles. The first-order valence-electron chi connectivity index (χ1n) is 8.96. The maximum absolute atomic E-state index is 13.4. The normalized spacial score (nSPS) is 14.0. The van der Waals surface area contributed by atoms with E-state index in [0.717, 1.165) is 34.3 Å². The predicted octanol–water partition coefficient (Wildman–Crippen LogP) is 4.37. The molecule has 1 saturated carbocycles. The highest BCUT2D eigenvalue weighted by molar-refractivity contribution is 7.99. The second-order valence-corrected chi connectivity index (χ2v) is 8.64. The molecule has 0 N–H and O–H groups in total. The van der Waals surface area contributed by atoms with E-state index < -0.39 is 0 Å². The number of rotatable bonds is 6. The third-order valence-corrected chi connectivity index (χ3v) is 6.13. The van der Waals surface area contributed by atoms with Gasteiger partial charge in [0.25, 0.3) is 5.56 Å². The number of carbonyl (C=O) groups is 1. The van der Waals surface area contributed by atoms with Crippen molar-refractivity contribution in [1.82, 2.24) is 9.55 Å². The summed E-state index contributed by atoms with van der Waals surface area (Å²) in [5.41, 5.74) is 1.81. The minimum absolute atomic E-state index is 0.0610. The van der Waals surface area contributed by atoms with Crippen LogP contribution in [-0.2, 0) is 9.53 Å². The molecule has 1 aliphatic carbocycles. The van der Waals surface area contributed by atoms with Gasteiger partial charge in [-0.15, -0.1) is 11.3 Å². The van der Waals surface area contributed by atoms with Crippen molar-refractivity contribution in [1.29, 1.82) is 0 Å². The fourth-order valence-corrected chi connectivity index (χ4v) is 4.87. The summed E-state index contributed by atoms with van der Waals surface area (Å²) in [6.45, 7) is 3.63. The first-order chi connectivity index (χ1) is 13.0. The standard InChI is InChI=1S/C20H20N2O3S2/c1-12(2)25-16(23)11-27-20-21-18-17(15(10-26-18)13-8-9-13)19(24)22(20)14-6-4-3-5-7-14/h3-7,10,12-13H,8-9,11H2,1-2H3. The van der Waals surface area contributed by atoms with Crippen molar-refractivity contribution in [3.63, 3.8) is 0 Å². The number of fused-ring (bicyclic) bond motifs is 1. The van der Waals surface area contributed by atoms with E-state index >= 15 is 0 Å². The van der Waals surface area contributed by atoms with Gasteiger partial charge in [-0.25, -0.2) is 4.98 Å². The highest BCUT2D eigenvalue weighted by Gasteiger charge is 2.29. The molecule has 140 valence electrons. The van der Waals surface area contributed by atoms with Crippen LogP contribution in [0.2, 0.25) is 0 Å². The summed E-state index contributed by atoms with van der Waals surface area (Å²) in [6, 6.07) is 9.46. The van der Waals surface area contributed by atoms with Crippen LogP contribution in [0.1, 0.15) is 38.2 Å². The number of thiophene rings is 1. The van der Waals surface area contributed by atoms with Crippen molar-refractivity contribution < 1.29 is 9.53 Å². The van der Waals surface area contributed by atoms with Crippen molar-refractivity contribution in [2.24, 2.45) is 0 Å². The fraction of sp³-hybridized carbons (Fsp3) is 0.350. The molecular formula is C20H20N2O3S2. The van der Waals surface area contributed by atoms with Gasteiger partial charge in [0.15, 0.2) is 5.16 Å². The van der Waals surface area contributed by atoms with E-state index in [9.17, 15) is 9.59 Å². The number of nitrogens with zero attached hydrogens (tertiary/aromatic N) is 2. The molecule has 0 spiro atoms. The van der Waals surface area contributed by atoms with Crippen molar-refractivity contribution in [2.75, 3.05) is 5.75 Å². The quantitative estimate of drug-likeness (QED) is 0.349. The number of para-hydroxylation sites is 1. The van der Waals surface area contributed by atoms with Crippen LogP contribution in [-0.4, -0.2) is 27.4 Å². The van der Waals surface area contributed by atoms with Crippen molar-refractivity contribution >= 4 is 39.3 Å². The minimum atomic E-state index is -0.311. The second kappa shape index (κ2) is 7.48. The number of carbonyl (C=O) groups excluding carboxylic acids is 1. The van der Waals surface area contributed by atoms with Gasteiger partial charge in [-0.05, 0) is 55.7 Å². The van der Waals surface area contributed by atoms with E-state index in [1.807, 2.05) is 44.2 Å². The van der Waals surface area contributed by atoms with Gasteiger partial charge in [-0.3, -0.25) is 14.2 Å². The Morgan fingerprint density at radius 2 is 2.07 bits per heavy atom. The Kier molecular flexibility index (Phi) is 5.06. The molecule has 1 fully saturated rings. The number of hydrogen-bond donors (Lipinski definition) is 0. The lowest BCUT2D eigenvalue weighted by Gasteiger charge is -2.13. The first kappa shape index (κ1) is 18.3. The van der Waals surface area contributed by atoms with Crippen molar-refractivity contribution in [2.45, 2.75) is 43.9 Å². The van der Waals surface area contributed by atoms with Crippen LogP contribution in [0, 0.1) is 0 Å². The summed E-state index contributed by atoms with van der Waals surface area (Å²) in [7, 11) is 0. The number of hydrogen-bond acceptors (Lipinski definition) is 6. The Hall–Kier alpha value is -2.12. The van der Waals surface area contributed by atoms with E-state index in [0.29, 0.717) is 11.1 Å². The molecule has 0 bridgehead atoms. The summed E-state index contributed by atoms with van der Waals surface area (Å²) >= 11 is 2.74. The summed E-state index contributed by atoms with van der Waals surface area (Å²) in [5, 5.41) is 3.30. The smallest absolute Gasteiger partial charge is 0.316 e. The molecule has 0 unspecified atom stereocenters. The van der Waals surface area contributed by atoms with Crippen LogP contribution >= 0.6 is 23.1 Å².